The molecule has 0 bridgehead atoms. The fourth-order valence-electron chi connectivity index (χ4n) is 1.85. The summed E-state index contributed by atoms with van der Waals surface area (Å²) < 4.78 is 0. The molecule has 2 rings (SSSR count). The Labute approximate surface area is 116 Å². The Bertz CT molecular complexity index is 646. The summed E-state index contributed by atoms with van der Waals surface area (Å²) in [7, 11) is 0. The third-order valence-electron chi connectivity index (χ3n) is 3.34. The standard InChI is InChI=1S/C14H17N3O3/c1-14(2,13(19)20)6-7-15-12(18)10-5-3-4-9-8-16-17-11(9)10/h3-5,8H,6-7H2,1-2H3,(H,15,18)(H,16,17)(H,19,20). The van der Waals surface area contributed by atoms with Gasteiger partial charge in [-0.1, -0.05) is 12.1 Å². The summed E-state index contributed by atoms with van der Waals surface area (Å²) in [6.45, 7) is 3.58. The number of aromatic nitrogens is 2. The molecule has 2 aromatic rings. The number of carboxylic acid groups (broad SMARTS) is 1. The number of nitrogens with zero attached hydrogens (tertiary/aromatic N) is 1. The first kappa shape index (κ1) is 14.0. The van der Waals surface area contributed by atoms with E-state index >= 15 is 0 Å². The van der Waals surface area contributed by atoms with E-state index < -0.39 is 11.4 Å². The summed E-state index contributed by atoms with van der Waals surface area (Å²) in [6.07, 6.45) is 2.02. The highest BCUT2D eigenvalue weighted by atomic mass is 16.4. The van der Waals surface area contributed by atoms with Gasteiger partial charge in [0.2, 0.25) is 0 Å². The van der Waals surface area contributed by atoms with Gasteiger partial charge in [-0.05, 0) is 26.3 Å². The lowest BCUT2D eigenvalue weighted by Gasteiger charge is -2.18. The number of hydrogen-bond acceptors (Lipinski definition) is 3. The van der Waals surface area contributed by atoms with E-state index in [1.807, 2.05) is 6.07 Å². The molecule has 20 heavy (non-hydrogen) atoms. The van der Waals surface area contributed by atoms with Crippen molar-refractivity contribution in [3.63, 3.8) is 0 Å². The third-order valence-corrected chi connectivity index (χ3v) is 3.34. The van der Waals surface area contributed by atoms with Crippen LogP contribution in [0.2, 0.25) is 0 Å². The second kappa shape index (κ2) is 5.32. The van der Waals surface area contributed by atoms with Crippen LogP contribution in [0, 0.1) is 5.41 Å². The van der Waals surface area contributed by atoms with Crippen molar-refractivity contribution in [3.8, 4) is 0 Å². The van der Waals surface area contributed by atoms with E-state index in [9.17, 15) is 9.59 Å². The fraction of sp³-hybridized carbons (Fsp3) is 0.357. The number of nitrogens with one attached hydrogen (secondary N) is 2. The molecule has 0 aliphatic heterocycles. The van der Waals surface area contributed by atoms with E-state index in [-0.39, 0.29) is 5.91 Å². The average molecular weight is 275 g/mol. The normalized spacial score (nSPS) is 11.5. The third kappa shape index (κ3) is 2.79. The summed E-state index contributed by atoms with van der Waals surface area (Å²) in [5.41, 5.74) is 0.337. The Morgan fingerprint density at radius 2 is 2.15 bits per heavy atom. The highest BCUT2D eigenvalue weighted by Gasteiger charge is 2.26. The van der Waals surface area contributed by atoms with Crippen LogP contribution < -0.4 is 5.32 Å². The molecular formula is C14H17N3O3. The minimum absolute atomic E-state index is 0.235. The molecule has 0 aliphatic rings. The smallest absolute Gasteiger partial charge is 0.309 e. The van der Waals surface area contributed by atoms with Crippen molar-refractivity contribution < 1.29 is 14.7 Å². The van der Waals surface area contributed by atoms with E-state index in [2.05, 4.69) is 15.5 Å². The van der Waals surface area contributed by atoms with Crippen LogP contribution in [-0.4, -0.2) is 33.7 Å². The number of aliphatic carboxylic acids is 1. The molecule has 1 aromatic heterocycles. The van der Waals surface area contributed by atoms with Crippen LogP contribution in [0.5, 0.6) is 0 Å². The fourth-order valence-corrected chi connectivity index (χ4v) is 1.85. The van der Waals surface area contributed by atoms with Crippen molar-refractivity contribution in [2.75, 3.05) is 6.54 Å². The maximum atomic E-state index is 12.1. The molecule has 0 fully saturated rings. The monoisotopic (exact) mass is 275 g/mol. The quantitative estimate of drug-likeness (QED) is 0.775. The first-order valence-corrected chi connectivity index (χ1v) is 6.35. The molecule has 1 aromatic carbocycles. The van der Waals surface area contributed by atoms with Crippen LogP contribution >= 0.6 is 0 Å². The van der Waals surface area contributed by atoms with Gasteiger partial charge >= 0.3 is 5.97 Å². The average Bonchev–Trinajstić information content (AvgIpc) is 2.86. The van der Waals surface area contributed by atoms with Crippen LogP contribution in [0.4, 0.5) is 0 Å². The predicted octanol–water partition coefficient (Wildman–Crippen LogP) is 1.79. The number of hydrogen-bond donors (Lipinski definition) is 3. The highest BCUT2D eigenvalue weighted by Crippen LogP contribution is 2.20. The first-order chi connectivity index (χ1) is 9.42. The number of H-pyrrole nitrogens is 1. The van der Waals surface area contributed by atoms with Crippen molar-refractivity contribution in [1.29, 1.82) is 0 Å². The number of benzene rings is 1. The molecule has 0 spiro atoms. The molecule has 0 atom stereocenters. The lowest BCUT2D eigenvalue weighted by Crippen LogP contribution is -2.32. The summed E-state index contributed by atoms with van der Waals surface area (Å²) in [6, 6.07) is 5.36. The van der Waals surface area contributed by atoms with Crippen LogP contribution in [0.3, 0.4) is 0 Å². The molecule has 1 heterocycles. The van der Waals surface area contributed by atoms with E-state index in [0.29, 0.717) is 24.0 Å². The van der Waals surface area contributed by atoms with Gasteiger partial charge in [0.15, 0.2) is 0 Å². The van der Waals surface area contributed by atoms with Gasteiger partial charge in [-0.15, -0.1) is 0 Å². The van der Waals surface area contributed by atoms with Crippen LogP contribution in [-0.2, 0) is 4.79 Å². The molecule has 3 N–H and O–H groups in total. The summed E-state index contributed by atoms with van der Waals surface area (Å²) in [5.74, 6) is -1.11. The van der Waals surface area contributed by atoms with Gasteiger partial charge in [0, 0.05) is 11.9 Å². The zero-order valence-corrected chi connectivity index (χ0v) is 11.4. The van der Waals surface area contributed by atoms with Gasteiger partial charge < -0.3 is 10.4 Å². The number of fused-ring (bicyclic) bond motifs is 1. The Balaban J connectivity index is 2.03. The predicted molar refractivity (Wildman–Crippen MR) is 74.5 cm³/mol. The molecule has 0 saturated heterocycles. The van der Waals surface area contributed by atoms with Crippen LogP contribution in [0.15, 0.2) is 24.4 Å². The van der Waals surface area contributed by atoms with Gasteiger partial charge in [0.25, 0.3) is 5.91 Å². The van der Waals surface area contributed by atoms with Gasteiger partial charge in [0.1, 0.15) is 0 Å². The molecule has 0 saturated carbocycles. The van der Waals surface area contributed by atoms with Crippen molar-refractivity contribution in [3.05, 3.63) is 30.0 Å². The largest absolute Gasteiger partial charge is 0.481 e. The number of aromatic amines is 1. The lowest BCUT2D eigenvalue weighted by atomic mass is 9.89. The second-order valence-electron chi connectivity index (χ2n) is 5.33. The molecule has 0 radical (unpaired) electrons. The molecule has 1 amide bonds. The number of rotatable bonds is 5. The second-order valence-corrected chi connectivity index (χ2v) is 5.33. The number of para-hydroxylation sites is 1. The summed E-state index contributed by atoms with van der Waals surface area (Å²) in [4.78, 5) is 23.1. The summed E-state index contributed by atoms with van der Waals surface area (Å²) >= 11 is 0. The molecule has 0 unspecified atom stereocenters. The Morgan fingerprint density at radius 3 is 2.85 bits per heavy atom. The minimum atomic E-state index is -0.873. The molecular weight excluding hydrogens is 258 g/mol. The van der Waals surface area contributed by atoms with Crippen molar-refractivity contribution in [1.82, 2.24) is 15.5 Å². The van der Waals surface area contributed by atoms with Gasteiger partial charge in [-0.3, -0.25) is 14.7 Å². The number of carbonyl (C=O) groups excluding carboxylic acids is 1. The van der Waals surface area contributed by atoms with Gasteiger partial charge in [-0.25, -0.2) is 0 Å². The van der Waals surface area contributed by atoms with Crippen molar-refractivity contribution >= 4 is 22.8 Å². The Hall–Kier alpha value is -2.37. The zero-order valence-electron chi connectivity index (χ0n) is 11.4. The van der Waals surface area contributed by atoms with Gasteiger partial charge in [0.05, 0.1) is 22.7 Å². The number of amides is 1. The van der Waals surface area contributed by atoms with Crippen molar-refractivity contribution in [2.45, 2.75) is 20.3 Å². The van der Waals surface area contributed by atoms with Crippen LogP contribution in [0.25, 0.3) is 10.9 Å². The van der Waals surface area contributed by atoms with E-state index in [4.69, 9.17) is 5.11 Å². The SMILES string of the molecule is CC(C)(CCNC(=O)c1cccc2cn[nH]c12)C(=O)O. The van der Waals surface area contributed by atoms with Crippen molar-refractivity contribution in [2.24, 2.45) is 5.41 Å². The van der Waals surface area contributed by atoms with E-state index in [1.54, 1.807) is 32.2 Å². The maximum absolute atomic E-state index is 12.1. The molecule has 6 nitrogen and oxygen atoms in total. The zero-order chi connectivity index (χ0) is 14.8. The number of carboxylic acids is 1. The summed E-state index contributed by atoms with van der Waals surface area (Å²) in [5, 5.41) is 19.3. The molecule has 6 heteroatoms. The number of carbonyl (C=O) groups is 2. The lowest BCUT2D eigenvalue weighted by molar-refractivity contribution is -0.147. The van der Waals surface area contributed by atoms with Gasteiger partial charge in [-0.2, -0.15) is 5.10 Å². The van der Waals surface area contributed by atoms with Crippen LogP contribution in [0.1, 0.15) is 30.6 Å². The van der Waals surface area contributed by atoms with E-state index in [1.165, 1.54) is 0 Å². The topological polar surface area (TPSA) is 95.1 Å². The maximum Gasteiger partial charge on any atom is 0.309 e. The highest BCUT2D eigenvalue weighted by molar-refractivity contribution is 6.05. The first-order valence-electron chi connectivity index (χ1n) is 6.35. The Kier molecular flexibility index (Phi) is 3.74. The minimum Gasteiger partial charge on any atom is -0.481 e. The van der Waals surface area contributed by atoms with E-state index in [0.717, 1.165) is 5.39 Å². The molecule has 106 valence electrons. The molecule has 0 aliphatic carbocycles. The Morgan fingerprint density at radius 1 is 1.40 bits per heavy atom.